The summed E-state index contributed by atoms with van der Waals surface area (Å²) in [5.41, 5.74) is 4.77. The minimum absolute atomic E-state index is 0.557. The van der Waals surface area contributed by atoms with Crippen LogP contribution in [0.3, 0.4) is 0 Å². The van der Waals surface area contributed by atoms with Gasteiger partial charge >= 0.3 is 0 Å². The van der Waals surface area contributed by atoms with E-state index in [2.05, 4.69) is 78.5 Å². The van der Waals surface area contributed by atoms with Crippen molar-refractivity contribution in [2.24, 2.45) is 0 Å². The molecule has 0 spiro atoms. The number of anilines is 1. The van der Waals surface area contributed by atoms with Gasteiger partial charge in [-0.05, 0) is 67.2 Å². The molecule has 2 fully saturated rings. The predicted octanol–water partition coefficient (Wildman–Crippen LogP) is 4.17. The third kappa shape index (κ3) is 3.38. The van der Waals surface area contributed by atoms with E-state index in [1.54, 1.807) is 0 Å². The summed E-state index contributed by atoms with van der Waals surface area (Å²) in [7, 11) is 0. The molecule has 2 aliphatic carbocycles. The van der Waals surface area contributed by atoms with E-state index < -0.39 is 0 Å². The fourth-order valence-electron chi connectivity index (χ4n) is 4.01. The largest absolute Gasteiger partial charge is 0.369 e. The van der Waals surface area contributed by atoms with E-state index in [0.717, 1.165) is 29.4 Å². The first-order chi connectivity index (χ1) is 14.8. The monoisotopic (exact) mass is 396 g/mol. The highest BCUT2D eigenvalue weighted by atomic mass is 15.3. The summed E-state index contributed by atoms with van der Waals surface area (Å²) in [5, 5.41) is 12.3. The van der Waals surface area contributed by atoms with Crippen molar-refractivity contribution in [3.8, 4) is 11.4 Å². The van der Waals surface area contributed by atoms with Crippen molar-refractivity contribution >= 4 is 11.3 Å². The lowest BCUT2D eigenvalue weighted by Gasteiger charge is -2.32. The van der Waals surface area contributed by atoms with Gasteiger partial charge in [0.2, 0.25) is 0 Å². The van der Waals surface area contributed by atoms with Crippen molar-refractivity contribution in [2.45, 2.75) is 37.8 Å². The zero-order valence-electron chi connectivity index (χ0n) is 16.8. The Hall–Kier alpha value is -3.41. The molecule has 6 rings (SSSR count). The van der Waals surface area contributed by atoms with Crippen LogP contribution in [0.4, 0.5) is 5.69 Å². The van der Waals surface area contributed by atoms with Gasteiger partial charge in [-0.15, -0.1) is 10.2 Å². The summed E-state index contributed by atoms with van der Waals surface area (Å²) in [4.78, 5) is 6.53. The van der Waals surface area contributed by atoms with Gasteiger partial charge in [0, 0.05) is 35.7 Å². The summed E-state index contributed by atoms with van der Waals surface area (Å²) in [5.74, 6) is 2.12. The zero-order chi connectivity index (χ0) is 19.9. The van der Waals surface area contributed by atoms with Crippen LogP contribution in [0, 0.1) is 0 Å². The predicted molar refractivity (Wildman–Crippen MR) is 118 cm³/mol. The molecule has 3 aromatic rings. The first-order valence-electron chi connectivity index (χ1n) is 10.7. The van der Waals surface area contributed by atoms with Crippen LogP contribution in [-0.2, 0) is 0 Å². The maximum atomic E-state index is 4.42. The minimum atomic E-state index is 0.557. The lowest BCUT2D eigenvalue weighted by atomic mass is 10.0. The number of benzene rings is 1. The van der Waals surface area contributed by atoms with Crippen LogP contribution in [-0.4, -0.2) is 32.3 Å². The molecule has 2 saturated carbocycles. The highest BCUT2D eigenvalue weighted by Crippen LogP contribution is 2.38. The zero-order valence-corrected chi connectivity index (χ0v) is 16.8. The van der Waals surface area contributed by atoms with Crippen LogP contribution >= 0.6 is 0 Å². The average Bonchev–Trinajstić information content (AvgIpc) is 3.74. The molecule has 1 aliphatic heterocycles. The van der Waals surface area contributed by atoms with Gasteiger partial charge in [-0.3, -0.25) is 4.98 Å². The van der Waals surface area contributed by atoms with Crippen molar-refractivity contribution in [3.63, 3.8) is 0 Å². The third-order valence-corrected chi connectivity index (χ3v) is 5.97. The molecule has 1 aromatic carbocycles. The molecule has 0 bridgehead atoms. The van der Waals surface area contributed by atoms with Crippen LogP contribution in [0.1, 0.15) is 37.3 Å². The number of nitrogens with one attached hydrogen (secondary N) is 1. The second kappa shape index (κ2) is 7.13. The number of pyridine rings is 1. The number of rotatable bonds is 6. The fourth-order valence-corrected chi connectivity index (χ4v) is 4.01. The van der Waals surface area contributed by atoms with E-state index in [1.165, 1.54) is 36.8 Å². The summed E-state index contributed by atoms with van der Waals surface area (Å²) in [6.45, 7) is 0.814. The van der Waals surface area contributed by atoms with E-state index in [1.807, 2.05) is 18.7 Å². The molecule has 0 unspecified atom stereocenters. The fraction of sp³-hybridized carbons (Fsp3) is 0.292. The highest BCUT2D eigenvalue weighted by molar-refractivity contribution is 5.76. The van der Waals surface area contributed by atoms with Gasteiger partial charge in [0.05, 0.1) is 6.54 Å². The first-order valence-corrected chi connectivity index (χ1v) is 10.7. The first kappa shape index (κ1) is 17.4. The molecule has 6 heteroatoms. The topological polar surface area (TPSA) is 58.9 Å². The molecule has 0 radical (unpaired) electrons. The Balaban J connectivity index is 1.35. The third-order valence-electron chi connectivity index (χ3n) is 5.97. The van der Waals surface area contributed by atoms with Crippen molar-refractivity contribution in [2.75, 3.05) is 11.4 Å². The molecule has 30 heavy (non-hydrogen) atoms. The summed E-state index contributed by atoms with van der Waals surface area (Å²) in [6, 6.07) is 14.0. The van der Waals surface area contributed by atoms with E-state index in [9.17, 15) is 0 Å². The van der Waals surface area contributed by atoms with E-state index in [0.29, 0.717) is 12.1 Å². The Bertz CT molecular complexity index is 1120. The number of aromatic nitrogens is 4. The summed E-state index contributed by atoms with van der Waals surface area (Å²) < 4.78 is 2.22. The van der Waals surface area contributed by atoms with Crippen LogP contribution in [0.15, 0.2) is 73.1 Å². The standard InChI is InChI=1S/C24H24N6/c1-2-18(24-28-26-16-30(24)21-7-8-21)14-22(3-1)29-15-19(17-10-12-25-13-11-17)4-9-23(29)27-20-5-6-20/h1-4,9-14,16,20-21,27H,5-8,15H2. The average molecular weight is 396 g/mol. The SMILES string of the molecule is C1=C(c2ccncc2)CN(c2cccc(-c3nncn3C3CC3)c2)C(NC2CC2)=C1. The molecule has 1 N–H and O–H groups in total. The molecule has 150 valence electrons. The van der Waals surface area contributed by atoms with E-state index in [-0.39, 0.29) is 0 Å². The van der Waals surface area contributed by atoms with Gasteiger partial charge < -0.3 is 14.8 Å². The second-order valence-corrected chi connectivity index (χ2v) is 8.33. The van der Waals surface area contributed by atoms with Gasteiger partial charge in [0.1, 0.15) is 12.1 Å². The Morgan fingerprint density at radius 1 is 0.933 bits per heavy atom. The van der Waals surface area contributed by atoms with Crippen molar-refractivity contribution in [1.82, 2.24) is 25.1 Å². The maximum Gasteiger partial charge on any atom is 0.164 e. The molecule has 0 atom stereocenters. The quantitative estimate of drug-likeness (QED) is 0.678. The Kier molecular flexibility index (Phi) is 4.15. The van der Waals surface area contributed by atoms with Crippen LogP contribution in [0.5, 0.6) is 0 Å². The number of hydrogen-bond donors (Lipinski definition) is 1. The lowest BCUT2D eigenvalue weighted by molar-refractivity contribution is 0.745. The molecular formula is C24H24N6. The van der Waals surface area contributed by atoms with Gasteiger partial charge in [-0.2, -0.15) is 0 Å². The molecule has 3 aliphatic rings. The number of allylic oxidation sites excluding steroid dienone is 2. The lowest BCUT2D eigenvalue weighted by Crippen LogP contribution is -2.35. The maximum absolute atomic E-state index is 4.42. The Labute approximate surface area is 176 Å². The number of hydrogen-bond acceptors (Lipinski definition) is 5. The molecule has 0 amide bonds. The van der Waals surface area contributed by atoms with Crippen molar-refractivity contribution < 1.29 is 0 Å². The van der Waals surface area contributed by atoms with Gasteiger partial charge in [-0.1, -0.05) is 18.2 Å². The molecular weight excluding hydrogens is 372 g/mol. The molecule has 6 nitrogen and oxygen atoms in total. The van der Waals surface area contributed by atoms with Crippen LogP contribution < -0.4 is 10.2 Å². The summed E-state index contributed by atoms with van der Waals surface area (Å²) in [6.07, 6.45) is 14.9. The Morgan fingerprint density at radius 3 is 2.60 bits per heavy atom. The minimum Gasteiger partial charge on any atom is -0.369 e. The molecule has 0 saturated heterocycles. The van der Waals surface area contributed by atoms with Crippen LogP contribution in [0.2, 0.25) is 0 Å². The van der Waals surface area contributed by atoms with Gasteiger partial charge in [-0.25, -0.2) is 0 Å². The smallest absolute Gasteiger partial charge is 0.164 e. The molecule has 2 aromatic heterocycles. The van der Waals surface area contributed by atoms with Crippen molar-refractivity contribution in [3.05, 3.63) is 78.7 Å². The number of nitrogens with zero attached hydrogens (tertiary/aromatic N) is 5. The normalized spacial score (nSPS) is 18.7. The van der Waals surface area contributed by atoms with Crippen LogP contribution in [0.25, 0.3) is 17.0 Å². The molecule has 3 heterocycles. The highest BCUT2D eigenvalue weighted by Gasteiger charge is 2.28. The second-order valence-electron chi connectivity index (χ2n) is 8.33. The Morgan fingerprint density at radius 2 is 1.80 bits per heavy atom. The van der Waals surface area contributed by atoms with E-state index >= 15 is 0 Å². The van der Waals surface area contributed by atoms with Crippen molar-refractivity contribution in [1.29, 1.82) is 0 Å². The van der Waals surface area contributed by atoms with Gasteiger partial charge in [0.25, 0.3) is 0 Å². The summed E-state index contributed by atoms with van der Waals surface area (Å²) >= 11 is 0. The van der Waals surface area contributed by atoms with E-state index in [4.69, 9.17) is 0 Å². The van der Waals surface area contributed by atoms with Gasteiger partial charge in [0.15, 0.2) is 5.82 Å².